The van der Waals surface area contributed by atoms with Crippen LogP contribution in [0.3, 0.4) is 0 Å². The summed E-state index contributed by atoms with van der Waals surface area (Å²) in [4.78, 5) is 25.2. The predicted molar refractivity (Wildman–Crippen MR) is 94.8 cm³/mol. The molecule has 126 valence electrons. The van der Waals surface area contributed by atoms with E-state index in [0.29, 0.717) is 6.42 Å². The minimum Gasteiger partial charge on any atom is -0.363 e. The van der Waals surface area contributed by atoms with Gasteiger partial charge in [-0.05, 0) is 48.6 Å². The molecular weight excluding hydrogens is 300 g/mol. The molecule has 1 atom stereocenters. The van der Waals surface area contributed by atoms with E-state index in [1.165, 1.54) is 5.56 Å². The summed E-state index contributed by atoms with van der Waals surface area (Å²) in [6.45, 7) is 0.843. The van der Waals surface area contributed by atoms with Crippen molar-refractivity contribution in [1.82, 2.24) is 14.9 Å². The molecule has 1 fully saturated rings. The van der Waals surface area contributed by atoms with Gasteiger partial charge in [-0.2, -0.15) is 0 Å². The van der Waals surface area contributed by atoms with Gasteiger partial charge in [0.1, 0.15) is 5.82 Å². The van der Waals surface area contributed by atoms with Crippen LogP contribution in [0.2, 0.25) is 0 Å². The molecule has 0 aromatic carbocycles. The summed E-state index contributed by atoms with van der Waals surface area (Å²) >= 11 is 0. The Morgan fingerprint density at radius 1 is 1.33 bits per heavy atom. The Kier molecular flexibility index (Phi) is 5.08. The standard InChI is InChI=1S/C19H24N4O/c1-22(2)18-13-16(9-11-21-18)17-6-4-12-23(17)19(24)8-7-15-5-3-10-20-14-15/h3,5,9-11,13-14,17H,4,6-8,12H2,1-2H3. The number of hydrogen-bond donors (Lipinski definition) is 0. The van der Waals surface area contributed by atoms with Gasteiger partial charge in [0.05, 0.1) is 6.04 Å². The van der Waals surface area contributed by atoms with E-state index < -0.39 is 0 Å². The summed E-state index contributed by atoms with van der Waals surface area (Å²) in [5.41, 5.74) is 2.29. The van der Waals surface area contributed by atoms with E-state index in [2.05, 4.69) is 16.0 Å². The fraction of sp³-hybridized carbons (Fsp3) is 0.421. The van der Waals surface area contributed by atoms with Crippen molar-refractivity contribution in [2.45, 2.75) is 31.7 Å². The minimum atomic E-state index is 0.174. The molecule has 0 bridgehead atoms. The van der Waals surface area contributed by atoms with Crippen LogP contribution in [0.25, 0.3) is 0 Å². The third kappa shape index (κ3) is 3.72. The maximum absolute atomic E-state index is 12.7. The first-order chi connectivity index (χ1) is 11.6. The highest BCUT2D eigenvalue weighted by molar-refractivity contribution is 5.77. The molecule has 0 aliphatic carbocycles. The number of aryl methyl sites for hydroxylation is 1. The molecule has 0 saturated carbocycles. The van der Waals surface area contributed by atoms with Gasteiger partial charge < -0.3 is 9.80 Å². The van der Waals surface area contributed by atoms with Crippen LogP contribution >= 0.6 is 0 Å². The van der Waals surface area contributed by atoms with E-state index in [4.69, 9.17) is 0 Å². The minimum absolute atomic E-state index is 0.174. The maximum atomic E-state index is 12.7. The van der Waals surface area contributed by atoms with Gasteiger partial charge >= 0.3 is 0 Å². The molecule has 0 spiro atoms. The summed E-state index contributed by atoms with van der Waals surface area (Å²) in [5.74, 6) is 1.16. The third-order valence-corrected chi connectivity index (χ3v) is 4.54. The van der Waals surface area contributed by atoms with Gasteiger partial charge in [-0.1, -0.05) is 6.07 Å². The molecule has 24 heavy (non-hydrogen) atoms. The first-order valence-electron chi connectivity index (χ1n) is 8.47. The number of carbonyl (C=O) groups is 1. The monoisotopic (exact) mass is 324 g/mol. The molecule has 2 aromatic heterocycles. The van der Waals surface area contributed by atoms with Gasteiger partial charge in [0, 0.05) is 45.7 Å². The van der Waals surface area contributed by atoms with Crippen molar-refractivity contribution in [3.8, 4) is 0 Å². The molecule has 1 unspecified atom stereocenters. The van der Waals surface area contributed by atoms with Gasteiger partial charge in [0.25, 0.3) is 0 Å². The average molecular weight is 324 g/mol. The molecule has 2 aromatic rings. The number of anilines is 1. The first kappa shape index (κ1) is 16.4. The fourth-order valence-electron chi connectivity index (χ4n) is 3.24. The van der Waals surface area contributed by atoms with Crippen LogP contribution in [0.5, 0.6) is 0 Å². The van der Waals surface area contributed by atoms with Gasteiger partial charge in [-0.15, -0.1) is 0 Å². The van der Waals surface area contributed by atoms with Crippen LogP contribution in [0, 0.1) is 0 Å². The lowest BCUT2D eigenvalue weighted by Crippen LogP contribution is -2.30. The van der Waals surface area contributed by atoms with Crippen LogP contribution in [0.15, 0.2) is 42.9 Å². The number of rotatable bonds is 5. The Labute approximate surface area is 143 Å². The van der Waals surface area contributed by atoms with Crippen molar-refractivity contribution < 1.29 is 4.79 Å². The van der Waals surface area contributed by atoms with Crippen molar-refractivity contribution in [2.24, 2.45) is 0 Å². The van der Waals surface area contributed by atoms with Gasteiger partial charge in [0.2, 0.25) is 5.91 Å². The summed E-state index contributed by atoms with van der Waals surface area (Å²) in [7, 11) is 3.97. The number of hydrogen-bond acceptors (Lipinski definition) is 4. The molecule has 3 heterocycles. The number of likely N-dealkylation sites (tertiary alicyclic amines) is 1. The average Bonchev–Trinajstić information content (AvgIpc) is 3.10. The second kappa shape index (κ2) is 7.43. The highest BCUT2D eigenvalue weighted by atomic mass is 16.2. The highest BCUT2D eigenvalue weighted by Crippen LogP contribution is 2.33. The lowest BCUT2D eigenvalue weighted by molar-refractivity contribution is -0.132. The van der Waals surface area contributed by atoms with E-state index in [1.807, 2.05) is 54.5 Å². The zero-order valence-corrected chi connectivity index (χ0v) is 14.4. The van der Waals surface area contributed by atoms with Gasteiger partial charge in [-0.25, -0.2) is 4.98 Å². The zero-order valence-electron chi connectivity index (χ0n) is 14.4. The van der Waals surface area contributed by atoms with E-state index in [0.717, 1.165) is 37.2 Å². The normalized spacial score (nSPS) is 17.1. The summed E-state index contributed by atoms with van der Waals surface area (Å²) in [5, 5.41) is 0. The van der Waals surface area contributed by atoms with E-state index in [1.54, 1.807) is 6.20 Å². The SMILES string of the molecule is CN(C)c1cc(C2CCCN2C(=O)CCc2cccnc2)ccn1. The van der Waals surface area contributed by atoms with Gasteiger partial charge in [-0.3, -0.25) is 9.78 Å². The summed E-state index contributed by atoms with van der Waals surface area (Å²) < 4.78 is 0. The molecular formula is C19H24N4O. The number of pyridine rings is 2. The van der Waals surface area contributed by atoms with Crippen LogP contribution in [-0.2, 0) is 11.2 Å². The molecule has 1 aliphatic rings. The molecule has 5 nitrogen and oxygen atoms in total. The van der Waals surface area contributed by atoms with Crippen LogP contribution in [0.1, 0.15) is 36.4 Å². The molecule has 1 saturated heterocycles. The Hall–Kier alpha value is -2.43. The molecule has 0 radical (unpaired) electrons. The van der Waals surface area contributed by atoms with E-state index >= 15 is 0 Å². The second-order valence-electron chi connectivity index (χ2n) is 6.45. The van der Waals surface area contributed by atoms with Crippen molar-refractivity contribution >= 4 is 11.7 Å². The number of aromatic nitrogens is 2. The Balaban J connectivity index is 1.68. The zero-order chi connectivity index (χ0) is 16.9. The van der Waals surface area contributed by atoms with Crippen molar-refractivity contribution in [2.75, 3.05) is 25.5 Å². The van der Waals surface area contributed by atoms with Crippen LogP contribution in [-0.4, -0.2) is 41.4 Å². The number of nitrogens with zero attached hydrogens (tertiary/aromatic N) is 4. The Morgan fingerprint density at radius 2 is 2.21 bits per heavy atom. The third-order valence-electron chi connectivity index (χ3n) is 4.54. The van der Waals surface area contributed by atoms with Gasteiger partial charge in [0.15, 0.2) is 0 Å². The Morgan fingerprint density at radius 3 is 2.96 bits per heavy atom. The Bertz CT molecular complexity index is 687. The molecule has 1 amide bonds. The first-order valence-corrected chi connectivity index (χ1v) is 8.47. The van der Waals surface area contributed by atoms with Crippen LogP contribution in [0.4, 0.5) is 5.82 Å². The van der Waals surface area contributed by atoms with E-state index in [-0.39, 0.29) is 11.9 Å². The van der Waals surface area contributed by atoms with Crippen molar-refractivity contribution in [3.63, 3.8) is 0 Å². The van der Waals surface area contributed by atoms with Crippen molar-refractivity contribution in [1.29, 1.82) is 0 Å². The van der Waals surface area contributed by atoms with Crippen LogP contribution < -0.4 is 4.90 Å². The fourth-order valence-corrected chi connectivity index (χ4v) is 3.24. The smallest absolute Gasteiger partial charge is 0.223 e. The molecule has 3 rings (SSSR count). The quantitative estimate of drug-likeness (QED) is 0.848. The number of amides is 1. The largest absolute Gasteiger partial charge is 0.363 e. The molecule has 0 N–H and O–H groups in total. The molecule has 1 aliphatic heterocycles. The highest BCUT2D eigenvalue weighted by Gasteiger charge is 2.29. The molecule has 5 heteroatoms. The topological polar surface area (TPSA) is 49.3 Å². The second-order valence-corrected chi connectivity index (χ2v) is 6.45. The van der Waals surface area contributed by atoms with Crippen molar-refractivity contribution in [3.05, 3.63) is 54.0 Å². The lowest BCUT2D eigenvalue weighted by atomic mass is 10.0. The number of carbonyl (C=O) groups excluding carboxylic acids is 1. The summed E-state index contributed by atoms with van der Waals surface area (Å²) in [6.07, 6.45) is 8.79. The summed E-state index contributed by atoms with van der Waals surface area (Å²) in [6, 6.07) is 8.24. The van der Waals surface area contributed by atoms with E-state index in [9.17, 15) is 4.79 Å². The predicted octanol–water partition coefficient (Wildman–Crippen LogP) is 2.84. The maximum Gasteiger partial charge on any atom is 0.223 e. The lowest BCUT2D eigenvalue weighted by Gasteiger charge is -2.26.